The van der Waals surface area contributed by atoms with Gasteiger partial charge in [-0.05, 0) is 31.5 Å². The van der Waals surface area contributed by atoms with Crippen LogP contribution in [0.25, 0.3) is 0 Å². The molecule has 30 heavy (non-hydrogen) atoms. The molecule has 0 bridgehead atoms. The molecule has 0 radical (unpaired) electrons. The molecule has 1 atom stereocenters. The standard InChI is InChI=1S/C20H21F4N3O2S/c1-26-14(8-16(28)25-11-2-4-29-5-3-11)15-6-10(9-27(15)20(26)30)17-18(23)12(21)7-13(22)19(17)24/h7,10-11H,2-6,8-9H2,1H3,(H,25,28)/t10-/m0/s1. The lowest BCUT2D eigenvalue weighted by molar-refractivity contribution is -0.121. The number of nitrogens with zero attached hydrogens (tertiary/aromatic N) is 2. The van der Waals surface area contributed by atoms with Gasteiger partial charge in [-0.1, -0.05) is 0 Å². The molecule has 5 nitrogen and oxygen atoms in total. The molecule has 162 valence electrons. The number of nitrogens with one attached hydrogen (secondary N) is 1. The van der Waals surface area contributed by atoms with Crippen molar-refractivity contribution in [3.8, 4) is 0 Å². The van der Waals surface area contributed by atoms with E-state index in [1.54, 1.807) is 16.2 Å². The van der Waals surface area contributed by atoms with E-state index >= 15 is 0 Å². The van der Waals surface area contributed by atoms with Crippen LogP contribution in [0.4, 0.5) is 17.6 Å². The Balaban J connectivity index is 1.59. The number of hydrogen-bond acceptors (Lipinski definition) is 3. The molecule has 1 aromatic carbocycles. The molecular weight excluding hydrogens is 422 g/mol. The normalized spacial score (nSPS) is 19.2. The molecule has 2 aliphatic heterocycles. The van der Waals surface area contributed by atoms with Crippen molar-refractivity contribution in [1.82, 2.24) is 14.5 Å². The van der Waals surface area contributed by atoms with Crippen LogP contribution in [-0.4, -0.2) is 34.3 Å². The minimum absolute atomic E-state index is 0.0430. The van der Waals surface area contributed by atoms with E-state index < -0.39 is 34.8 Å². The third-order valence-electron chi connectivity index (χ3n) is 5.89. The highest BCUT2D eigenvalue weighted by atomic mass is 32.1. The second kappa shape index (κ2) is 8.14. The highest BCUT2D eigenvalue weighted by Gasteiger charge is 2.34. The first-order valence-corrected chi connectivity index (χ1v) is 10.2. The van der Waals surface area contributed by atoms with E-state index in [9.17, 15) is 22.4 Å². The molecule has 3 heterocycles. The Labute approximate surface area is 175 Å². The molecule has 0 spiro atoms. The smallest absolute Gasteiger partial charge is 0.226 e. The topological polar surface area (TPSA) is 48.2 Å². The molecule has 2 aromatic rings. The maximum absolute atomic E-state index is 14.3. The minimum atomic E-state index is -1.43. The molecule has 2 aliphatic rings. The van der Waals surface area contributed by atoms with Crippen LogP contribution >= 0.6 is 12.2 Å². The highest BCUT2D eigenvalue weighted by molar-refractivity contribution is 7.71. The summed E-state index contributed by atoms with van der Waals surface area (Å²) in [5.41, 5.74) is 0.661. The molecule has 10 heteroatoms. The third-order valence-corrected chi connectivity index (χ3v) is 6.39. The van der Waals surface area contributed by atoms with Gasteiger partial charge in [0.1, 0.15) is 0 Å². The number of benzene rings is 1. The molecule has 4 rings (SSSR count). The van der Waals surface area contributed by atoms with Crippen molar-refractivity contribution in [3.63, 3.8) is 0 Å². The Kier molecular flexibility index (Phi) is 5.71. The van der Waals surface area contributed by atoms with Crippen LogP contribution in [0, 0.1) is 28.0 Å². The maximum Gasteiger partial charge on any atom is 0.226 e. The summed E-state index contributed by atoms with van der Waals surface area (Å²) >= 11 is 5.42. The third kappa shape index (κ3) is 3.66. The van der Waals surface area contributed by atoms with Crippen LogP contribution in [0.5, 0.6) is 0 Å². The van der Waals surface area contributed by atoms with E-state index in [0.29, 0.717) is 29.4 Å². The molecular formula is C20H21F4N3O2S. The van der Waals surface area contributed by atoms with Crippen LogP contribution in [0.3, 0.4) is 0 Å². The lowest BCUT2D eigenvalue weighted by Crippen LogP contribution is -2.40. The fraction of sp³-hybridized carbons (Fsp3) is 0.500. The Bertz CT molecular complexity index is 1030. The van der Waals surface area contributed by atoms with Crippen molar-refractivity contribution in [2.75, 3.05) is 13.2 Å². The Morgan fingerprint density at radius 3 is 2.47 bits per heavy atom. The van der Waals surface area contributed by atoms with E-state index in [-0.39, 0.29) is 37.4 Å². The predicted molar refractivity (Wildman–Crippen MR) is 103 cm³/mol. The zero-order valence-corrected chi connectivity index (χ0v) is 17.1. The molecule has 1 fully saturated rings. The van der Waals surface area contributed by atoms with Crippen LogP contribution in [-0.2, 0) is 36.0 Å². The number of aromatic nitrogens is 2. The van der Waals surface area contributed by atoms with Gasteiger partial charge in [0, 0.05) is 61.8 Å². The summed E-state index contributed by atoms with van der Waals surface area (Å²) in [5.74, 6) is -6.64. The average molecular weight is 443 g/mol. The minimum Gasteiger partial charge on any atom is -0.381 e. The molecule has 1 saturated heterocycles. The lowest BCUT2D eigenvalue weighted by atomic mass is 9.94. The fourth-order valence-electron chi connectivity index (χ4n) is 4.33. The Morgan fingerprint density at radius 2 is 1.83 bits per heavy atom. The second-order valence-electron chi connectivity index (χ2n) is 7.76. The first-order chi connectivity index (χ1) is 14.3. The van der Waals surface area contributed by atoms with Crippen molar-refractivity contribution in [3.05, 3.63) is 51.1 Å². The molecule has 1 aromatic heterocycles. The number of halogens is 4. The average Bonchev–Trinajstić information content (AvgIpc) is 3.22. The van der Waals surface area contributed by atoms with Crippen molar-refractivity contribution >= 4 is 18.1 Å². The number of rotatable bonds is 4. The predicted octanol–water partition coefficient (Wildman–Crippen LogP) is 3.29. The van der Waals surface area contributed by atoms with E-state index in [1.165, 1.54) is 0 Å². The summed E-state index contributed by atoms with van der Waals surface area (Å²) in [6.45, 7) is 1.28. The zero-order chi connectivity index (χ0) is 21.6. The maximum atomic E-state index is 14.3. The number of carbonyl (C=O) groups excluding carboxylic acids is 1. The van der Waals surface area contributed by atoms with Crippen molar-refractivity contribution < 1.29 is 27.1 Å². The van der Waals surface area contributed by atoms with Gasteiger partial charge in [-0.2, -0.15) is 0 Å². The molecule has 0 unspecified atom stereocenters. The quantitative estimate of drug-likeness (QED) is 0.448. The molecule has 1 amide bonds. The van der Waals surface area contributed by atoms with Gasteiger partial charge in [0.05, 0.1) is 6.42 Å². The summed E-state index contributed by atoms with van der Waals surface area (Å²) in [6, 6.07) is 0.245. The van der Waals surface area contributed by atoms with E-state index in [0.717, 1.165) is 12.8 Å². The van der Waals surface area contributed by atoms with Gasteiger partial charge in [0.25, 0.3) is 0 Å². The number of imidazole rings is 1. The van der Waals surface area contributed by atoms with E-state index in [4.69, 9.17) is 17.0 Å². The van der Waals surface area contributed by atoms with E-state index in [1.807, 2.05) is 0 Å². The Hall–Kier alpha value is -2.20. The van der Waals surface area contributed by atoms with E-state index in [2.05, 4.69) is 5.32 Å². The summed E-state index contributed by atoms with van der Waals surface area (Å²) in [4.78, 5) is 12.6. The second-order valence-corrected chi connectivity index (χ2v) is 8.12. The number of hydrogen-bond donors (Lipinski definition) is 1. The SMILES string of the molecule is Cn1c(CC(=O)NC2CCOCC2)c2n(c1=S)C[C@@H](c1c(F)c(F)cc(F)c1F)C2. The van der Waals surface area contributed by atoms with Gasteiger partial charge in [-0.25, -0.2) is 17.6 Å². The van der Waals surface area contributed by atoms with Gasteiger partial charge in [0.15, 0.2) is 28.0 Å². The van der Waals surface area contributed by atoms with Crippen LogP contribution in [0.2, 0.25) is 0 Å². The summed E-state index contributed by atoms with van der Waals surface area (Å²) in [7, 11) is 1.72. The van der Waals surface area contributed by atoms with Crippen LogP contribution < -0.4 is 5.32 Å². The van der Waals surface area contributed by atoms with Gasteiger partial charge < -0.3 is 19.2 Å². The first-order valence-electron chi connectivity index (χ1n) is 9.75. The van der Waals surface area contributed by atoms with Crippen LogP contribution in [0.1, 0.15) is 35.7 Å². The summed E-state index contributed by atoms with van der Waals surface area (Å²) in [5, 5.41) is 2.98. The lowest BCUT2D eigenvalue weighted by Gasteiger charge is -2.23. The molecule has 0 aliphatic carbocycles. The highest BCUT2D eigenvalue weighted by Crippen LogP contribution is 2.36. The van der Waals surface area contributed by atoms with Gasteiger partial charge in [0.2, 0.25) is 5.91 Å². The largest absolute Gasteiger partial charge is 0.381 e. The summed E-state index contributed by atoms with van der Waals surface area (Å²) in [6.07, 6.45) is 1.66. The van der Waals surface area contributed by atoms with Crippen molar-refractivity contribution in [2.45, 2.75) is 44.2 Å². The number of fused-ring (bicyclic) bond motifs is 1. The van der Waals surface area contributed by atoms with Crippen molar-refractivity contribution in [2.24, 2.45) is 7.05 Å². The first kappa shape index (κ1) is 21.0. The molecule has 1 N–H and O–H groups in total. The van der Waals surface area contributed by atoms with Gasteiger partial charge in [-0.3, -0.25) is 4.79 Å². The molecule has 0 saturated carbocycles. The number of ether oxygens (including phenoxy) is 1. The monoisotopic (exact) mass is 443 g/mol. The number of carbonyl (C=O) groups is 1. The Morgan fingerprint density at radius 1 is 1.20 bits per heavy atom. The van der Waals surface area contributed by atoms with Gasteiger partial charge >= 0.3 is 0 Å². The van der Waals surface area contributed by atoms with Crippen molar-refractivity contribution in [1.29, 1.82) is 0 Å². The van der Waals surface area contributed by atoms with Gasteiger partial charge in [-0.15, -0.1) is 0 Å². The van der Waals surface area contributed by atoms with Crippen LogP contribution in [0.15, 0.2) is 6.07 Å². The zero-order valence-electron chi connectivity index (χ0n) is 16.3. The summed E-state index contributed by atoms with van der Waals surface area (Å²) < 4.78 is 64.9. The number of amides is 1. The fourth-order valence-corrected chi connectivity index (χ4v) is 4.63.